The van der Waals surface area contributed by atoms with Crippen molar-refractivity contribution in [2.45, 2.75) is 37.8 Å². The lowest BCUT2D eigenvalue weighted by Crippen LogP contribution is -2.43. The molecule has 0 saturated carbocycles. The van der Waals surface area contributed by atoms with Crippen LogP contribution in [0.25, 0.3) is 0 Å². The molecule has 1 aliphatic carbocycles. The highest BCUT2D eigenvalue weighted by atomic mass is 16.3. The van der Waals surface area contributed by atoms with E-state index < -0.39 is 5.60 Å². The van der Waals surface area contributed by atoms with E-state index in [9.17, 15) is 9.90 Å². The topological polar surface area (TPSA) is 67.2 Å². The second-order valence-corrected chi connectivity index (χ2v) is 6.67. The number of aryl methyl sites for hydroxylation is 2. The van der Waals surface area contributed by atoms with Gasteiger partial charge in [0.1, 0.15) is 5.60 Å². The highest BCUT2D eigenvalue weighted by molar-refractivity contribution is 5.79. The van der Waals surface area contributed by atoms with Crippen LogP contribution >= 0.6 is 0 Å². The molecule has 0 radical (unpaired) electrons. The minimum absolute atomic E-state index is 0.0283. The number of hydrogen-bond acceptors (Lipinski definition) is 3. The molecule has 0 bridgehead atoms. The van der Waals surface area contributed by atoms with Gasteiger partial charge >= 0.3 is 0 Å². The van der Waals surface area contributed by atoms with E-state index in [0.717, 1.165) is 37.1 Å². The second-order valence-electron chi connectivity index (χ2n) is 6.67. The quantitative estimate of drug-likeness (QED) is 0.900. The molecule has 2 aliphatic rings. The Morgan fingerprint density at radius 2 is 2.30 bits per heavy atom. The third kappa shape index (κ3) is 2.55. The third-order valence-electron chi connectivity index (χ3n) is 5.23. The molecule has 120 valence electrons. The SMILES string of the molecule is O=C(NCC1(O)CCc2ccccc21)C1CCn2cncc2C1. The Kier molecular flexibility index (Phi) is 3.45. The molecule has 0 spiro atoms. The van der Waals surface area contributed by atoms with Crippen molar-refractivity contribution >= 4 is 5.91 Å². The first kappa shape index (κ1) is 14.5. The number of benzene rings is 1. The van der Waals surface area contributed by atoms with Crippen molar-refractivity contribution in [2.75, 3.05) is 6.54 Å². The van der Waals surface area contributed by atoms with E-state index in [4.69, 9.17) is 0 Å². The van der Waals surface area contributed by atoms with Crippen molar-refractivity contribution < 1.29 is 9.90 Å². The van der Waals surface area contributed by atoms with Gasteiger partial charge in [0, 0.05) is 30.8 Å². The van der Waals surface area contributed by atoms with Gasteiger partial charge < -0.3 is 15.0 Å². The first-order valence-electron chi connectivity index (χ1n) is 8.23. The Hall–Kier alpha value is -2.14. The van der Waals surface area contributed by atoms with Crippen LogP contribution in [0, 0.1) is 5.92 Å². The lowest BCUT2D eigenvalue weighted by atomic mass is 9.93. The van der Waals surface area contributed by atoms with Crippen LogP contribution in [0.4, 0.5) is 0 Å². The Morgan fingerprint density at radius 1 is 1.43 bits per heavy atom. The summed E-state index contributed by atoms with van der Waals surface area (Å²) in [5, 5.41) is 13.9. The summed E-state index contributed by atoms with van der Waals surface area (Å²) >= 11 is 0. The molecule has 0 fully saturated rings. The third-order valence-corrected chi connectivity index (χ3v) is 5.23. The second kappa shape index (κ2) is 5.49. The summed E-state index contributed by atoms with van der Waals surface area (Å²) < 4.78 is 2.10. The molecule has 2 unspecified atom stereocenters. The number of amides is 1. The predicted octanol–water partition coefficient (Wildman–Crippen LogP) is 1.40. The number of fused-ring (bicyclic) bond motifs is 2. The van der Waals surface area contributed by atoms with Crippen LogP contribution < -0.4 is 5.32 Å². The van der Waals surface area contributed by atoms with Crippen LogP contribution in [0.3, 0.4) is 0 Å². The number of aliphatic hydroxyl groups is 1. The Labute approximate surface area is 135 Å². The monoisotopic (exact) mass is 311 g/mol. The minimum Gasteiger partial charge on any atom is -0.383 e. The summed E-state index contributed by atoms with van der Waals surface area (Å²) in [5.74, 6) is 0.00898. The van der Waals surface area contributed by atoms with E-state index in [2.05, 4.69) is 20.9 Å². The number of nitrogens with zero attached hydrogens (tertiary/aromatic N) is 2. The fraction of sp³-hybridized carbons (Fsp3) is 0.444. The van der Waals surface area contributed by atoms with E-state index in [1.54, 1.807) is 0 Å². The van der Waals surface area contributed by atoms with E-state index in [0.29, 0.717) is 13.0 Å². The molecule has 2 N–H and O–H groups in total. The van der Waals surface area contributed by atoms with E-state index in [-0.39, 0.29) is 11.8 Å². The van der Waals surface area contributed by atoms with Gasteiger partial charge in [-0.05, 0) is 30.4 Å². The fourth-order valence-corrected chi connectivity index (χ4v) is 3.82. The first-order valence-corrected chi connectivity index (χ1v) is 8.23. The number of imidazole rings is 1. The minimum atomic E-state index is -0.928. The molecule has 4 rings (SSSR count). The van der Waals surface area contributed by atoms with Crippen molar-refractivity contribution in [3.63, 3.8) is 0 Å². The number of hydrogen-bond donors (Lipinski definition) is 2. The zero-order valence-corrected chi connectivity index (χ0v) is 13.0. The summed E-state index contributed by atoms with van der Waals surface area (Å²) in [6, 6.07) is 7.96. The predicted molar refractivity (Wildman–Crippen MR) is 85.7 cm³/mol. The maximum Gasteiger partial charge on any atom is 0.223 e. The van der Waals surface area contributed by atoms with Gasteiger partial charge in [-0.25, -0.2) is 4.98 Å². The van der Waals surface area contributed by atoms with Gasteiger partial charge in [-0.3, -0.25) is 4.79 Å². The zero-order chi connectivity index (χ0) is 15.9. The highest BCUT2D eigenvalue weighted by Crippen LogP contribution is 2.36. The van der Waals surface area contributed by atoms with Crippen LogP contribution in [0.15, 0.2) is 36.8 Å². The van der Waals surface area contributed by atoms with Crippen LogP contribution in [0.1, 0.15) is 29.7 Å². The number of nitrogens with one attached hydrogen (secondary N) is 1. The molecule has 1 aliphatic heterocycles. The molecule has 2 aromatic rings. The molecule has 1 aromatic heterocycles. The standard InChI is InChI=1S/C18H21N3O2/c22-17(14-6-8-21-12-19-10-15(21)9-14)20-11-18(23)7-5-13-3-1-2-4-16(13)18/h1-4,10,12,14,23H,5-9,11H2,(H,20,22). The average Bonchev–Trinajstić information content (AvgIpc) is 3.18. The van der Waals surface area contributed by atoms with E-state index in [1.165, 1.54) is 5.56 Å². The Bertz CT molecular complexity index is 739. The van der Waals surface area contributed by atoms with E-state index in [1.807, 2.05) is 30.7 Å². The number of carbonyl (C=O) groups is 1. The van der Waals surface area contributed by atoms with Crippen molar-refractivity contribution in [3.05, 3.63) is 53.6 Å². The van der Waals surface area contributed by atoms with Crippen molar-refractivity contribution in [3.8, 4) is 0 Å². The van der Waals surface area contributed by atoms with Crippen LogP contribution in [-0.4, -0.2) is 27.1 Å². The number of carbonyl (C=O) groups excluding carboxylic acids is 1. The molecular formula is C18H21N3O2. The fourth-order valence-electron chi connectivity index (χ4n) is 3.82. The van der Waals surface area contributed by atoms with Crippen molar-refractivity contribution in [2.24, 2.45) is 5.92 Å². The van der Waals surface area contributed by atoms with Gasteiger partial charge in [0.2, 0.25) is 5.91 Å². The van der Waals surface area contributed by atoms with Crippen LogP contribution in [-0.2, 0) is 29.8 Å². The molecule has 1 aromatic carbocycles. The first-order chi connectivity index (χ1) is 11.2. The van der Waals surface area contributed by atoms with Crippen molar-refractivity contribution in [1.82, 2.24) is 14.9 Å². The zero-order valence-electron chi connectivity index (χ0n) is 13.0. The molecule has 5 nitrogen and oxygen atoms in total. The van der Waals surface area contributed by atoms with Gasteiger partial charge in [0.05, 0.1) is 12.9 Å². The average molecular weight is 311 g/mol. The number of rotatable bonds is 3. The maximum atomic E-state index is 12.5. The maximum absolute atomic E-state index is 12.5. The van der Waals surface area contributed by atoms with Crippen molar-refractivity contribution in [1.29, 1.82) is 0 Å². The van der Waals surface area contributed by atoms with Gasteiger partial charge in [-0.15, -0.1) is 0 Å². The highest BCUT2D eigenvalue weighted by Gasteiger charge is 2.37. The summed E-state index contributed by atoms with van der Waals surface area (Å²) in [6.07, 6.45) is 6.74. The normalized spacial score (nSPS) is 25.7. The molecule has 0 saturated heterocycles. The summed E-state index contributed by atoms with van der Waals surface area (Å²) in [5.41, 5.74) is 2.33. The lowest BCUT2D eigenvalue weighted by Gasteiger charge is -2.27. The molecular weight excluding hydrogens is 290 g/mol. The Balaban J connectivity index is 1.41. The smallest absolute Gasteiger partial charge is 0.223 e. The summed E-state index contributed by atoms with van der Waals surface area (Å²) in [4.78, 5) is 16.6. The largest absolute Gasteiger partial charge is 0.383 e. The van der Waals surface area contributed by atoms with Crippen LogP contribution in [0.2, 0.25) is 0 Å². The van der Waals surface area contributed by atoms with Gasteiger partial charge in [0.15, 0.2) is 0 Å². The van der Waals surface area contributed by atoms with Gasteiger partial charge in [-0.2, -0.15) is 0 Å². The molecule has 2 atom stereocenters. The van der Waals surface area contributed by atoms with Crippen LogP contribution in [0.5, 0.6) is 0 Å². The Morgan fingerprint density at radius 3 is 3.22 bits per heavy atom. The molecule has 5 heteroatoms. The summed E-state index contributed by atoms with van der Waals surface area (Å²) in [7, 11) is 0. The molecule has 23 heavy (non-hydrogen) atoms. The summed E-state index contributed by atoms with van der Waals surface area (Å²) in [6.45, 7) is 1.12. The molecule has 2 heterocycles. The van der Waals surface area contributed by atoms with E-state index >= 15 is 0 Å². The molecule has 1 amide bonds. The lowest BCUT2D eigenvalue weighted by molar-refractivity contribution is -0.127. The van der Waals surface area contributed by atoms with Gasteiger partial charge in [0.25, 0.3) is 0 Å². The van der Waals surface area contributed by atoms with Gasteiger partial charge in [-0.1, -0.05) is 24.3 Å². The number of aromatic nitrogens is 2.